The Bertz CT molecular complexity index is 363. The molecule has 0 fully saturated rings. The first-order chi connectivity index (χ1) is 7.20. The molecule has 0 N–H and O–H groups in total. The lowest BCUT2D eigenvalue weighted by Gasteiger charge is -2.00. The van der Waals surface area contributed by atoms with Gasteiger partial charge in [-0.2, -0.15) is 0 Å². The maximum Gasteiger partial charge on any atom is 0.185 e. The molecule has 15 heavy (non-hydrogen) atoms. The third kappa shape index (κ3) is 4.27. The molecule has 0 saturated heterocycles. The van der Waals surface area contributed by atoms with Gasteiger partial charge in [0.25, 0.3) is 0 Å². The second kappa shape index (κ2) is 5.81. The number of benzene rings is 1. The first kappa shape index (κ1) is 11.2. The maximum atomic E-state index is 11.6. The first-order valence-corrected chi connectivity index (χ1v) is 4.81. The Morgan fingerprint density at radius 3 is 2.40 bits per heavy atom. The summed E-state index contributed by atoms with van der Waals surface area (Å²) in [5.74, 6) is 0.0269. The fraction of sp³-hybridized carbons (Fsp3) is 0.154. The third-order valence-electron chi connectivity index (χ3n) is 1.80. The van der Waals surface area contributed by atoms with Crippen molar-refractivity contribution in [2.24, 2.45) is 0 Å². The predicted molar refractivity (Wildman–Crippen MR) is 62.7 cm³/mol. The largest absolute Gasteiger partial charge is 0.383 e. The van der Waals surface area contributed by atoms with Crippen molar-refractivity contribution < 1.29 is 4.79 Å². The normalized spacial score (nSPS) is 11.1. The van der Waals surface area contributed by atoms with Crippen molar-refractivity contribution in [1.82, 2.24) is 4.90 Å². The molecule has 1 aromatic carbocycles. The molecule has 0 aliphatic carbocycles. The average molecular weight is 201 g/mol. The highest BCUT2D eigenvalue weighted by atomic mass is 16.1. The molecule has 0 aliphatic heterocycles. The van der Waals surface area contributed by atoms with Crippen LogP contribution in [0.25, 0.3) is 0 Å². The number of hydrogen-bond acceptors (Lipinski definition) is 2. The summed E-state index contributed by atoms with van der Waals surface area (Å²) in [5.41, 5.74) is 0.715. The molecule has 0 atom stereocenters. The number of nitrogens with zero attached hydrogens (tertiary/aromatic N) is 1. The molecule has 0 aromatic heterocycles. The van der Waals surface area contributed by atoms with Crippen LogP contribution >= 0.6 is 0 Å². The summed E-state index contributed by atoms with van der Waals surface area (Å²) in [6.07, 6.45) is 7.03. The standard InChI is InChI=1S/C13H15NO/c1-14(2)11-7-6-10-13(15)12-8-4-3-5-9-12/h3-11H,1-2H3. The topological polar surface area (TPSA) is 20.3 Å². The third-order valence-corrected chi connectivity index (χ3v) is 1.80. The van der Waals surface area contributed by atoms with Gasteiger partial charge < -0.3 is 4.90 Å². The number of ketones is 1. The van der Waals surface area contributed by atoms with E-state index in [1.165, 1.54) is 0 Å². The molecule has 0 spiro atoms. The van der Waals surface area contributed by atoms with Gasteiger partial charge >= 0.3 is 0 Å². The number of hydrogen-bond donors (Lipinski definition) is 0. The van der Waals surface area contributed by atoms with Crippen LogP contribution in [0.1, 0.15) is 10.4 Å². The highest BCUT2D eigenvalue weighted by Gasteiger charge is 1.97. The van der Waals surface area contributed by atoms with Crippen molar-refractivity contribution in [2.45, 2.75) is 0 Å². The lowest BCUT2D eigenvalue weighted by Crippen LogP contribution is -1.99. The Balaban J connectivity index is 2.57. The zero-order valence-corrected chi connectivity index (χ0v) is 9.05. The van der Waals surface area contributed by atoms with Crippen molar-refractivity contribution >= 4 is 5.78 Å². The zero-order valence-electron chi connectivity index (χ0n) is 9.05. The lowest BCUT2D eigenvalue weighted by atomic mass is 10.1. The molecule has 1 rings (SSSR count). The van der Waals surface area contributed by atoms with E-state index in [4.69, 9.17) is 0 Å². The molecule has 2 heteroatoms. The molecule has 0 radical (unpaired) electrons. The van der Waals surface area contributed by atoms with E-state index in [0.717, 1.165) is 0 Å². The molecule has 1 aromatic rings. The fourth-order valence-electron chi connectivity index (χ4n) is 1.06. The highest BCUT2D eigenvalue weighted by molar-refractivity contribution is 6.04. The van der Waals surface area contributed by atoms with Gasteiger partial charge in [0.15, 0.2) is 5.78 Å². The Kier molecular flexibility index (Phi) is 4.35. The van der Waals surface area contributed by atoms with Gasteiger partial charge in [0.1, 0.15) is 0 Å². The maximum absolute atomic E-state index is 11.6. The molecular weight excluding hydrogens is 186 g/mol. The molecular formula is C13H15NO. The van der Waals surface area contributed by atoms with Crippen molar-refractivity contribution in [3.05, 3.63) is 60.3 Å². The minimum absolute atomic E-state index is 0.0269. The number of allylic oxidation sites excluding steroid dienone is 3. The first-order valence-electron chi connectivity index (χ1n) is 4.81. The summed E-state index contributed by atoms with van der Waals surface area (Å²) in [7, 11) is 3.87. The van der Waals surface area contributed by atoms with Gasteiger partial charge in [0.2, 0.25) is 0 Å². The van der Waals surface area contributed by atoms with Crippen LogP contribution in [0.2, 0.25) is 0 Å². The molecule has 2 nitrogen and oxygen atoms in total. The number of carbonyl (C=O) groups excluding carboxylic acids is 1. The number of rotatable bonds is 4. The second-order valence-electron chi connectivity index (χ2n) is 3.39. The summed E-state index contributed by atoms with van der Waals surface area (Å²) in [5, 5.41) is 0. The Morgan fingerprint density at radius 2 is 1.80 bits per heavy atom. The van der Waals surface area contributed by atoms with Gasteiger partial charge in [-0.05, 0) is 18.4 Å². The minimum atomic E-state index is 0.0269. The molecule has 78 valence electrons. The van der Waals surface area contributed by atoms with Gasteiger partial charge in [-0.1, -0.05) is 36.4 Å². The van der Waals surface area contributed by atoms with E-state index < -0.39 is 0 Å². The van der Waals surface area contributed by atoms with E-state index in [1.807, 2.05) is 61.6 Å². The second-order valence-corrected chi connectivity index (χ2v) is 3.39. The van der Waals surface area contributed by atoms with Crippen LogP contribution < -0.4 is 0 Å². The molecule has 0 saturated carbocycles. The summed E-state index contributed by atoms with van der Waals surface area (Å²) >= 11 is 0. The van der Waals surface area contributed by atoms with Crippen LogP contribution in [-0.2, 0) is 0 Å². The molecule has 0 bridgehead atoms. The smallest absolute Gasteiger partial charge is 0.185 e. The van der Waals surface area contributed by atoms with E-state index in [2.05, 4.69) is 0 Å². The predicted octanol–water partition coefficient (Wildman–Crippen LogP) is 2.50. The van der Waals surface area contributed by atoms with Gasteiger partial charge in [-0.15, -0.1) is 0 Å². The molecule has 0 aliphatic rings. The Hall–Kier alpha value is -1.83. The van der Waals surface area contributed by atoms with Crippen LogP contribution in [0, 0.1) is 0 Å². The summed E-state index contributed by atoms with van der Waals surface area (Å²) in [6.45, 7) is 0. The van der Waals surface area contributed by atoms with Crippen molar-refractivity contribution in [3.63, 3.8) is 0 Å². The fourth-order valence-corrected chi connectivity index (χ4v) is 1.06. The molecule has 0 heterocycles. The van der Waals surface area contributed by atoms with E-state index in [-0.39, 0.29) is 5.78 Å². The van der Waals surface area contributed by atoms with Crippen molar-refractivity contribution in [3.8, 4) is 0 Å². The molecule has 0 amide bonds. The minimum Gasteiger partial charge on any atom is -0.383 e. The highest BCUT2D eigenvalue weighted by Crippen LogP contribution is 2.00. The van der Waals surface area contributed by atoms with Crippen LogP contribution in [-0.4, -0.2) is 24.8 Å². The van der Waals surface area contributed by atoms with Crippen molar-refractivity contribution in [1.29, 1.82) is 0 Å². The van der Waals surface area contributed by atoms with Crippen molar-refractivity contribution in [2.75, 3.05) is 14.1 Å². The van der Waals surface area contributed by atoms with E-state index in [9.17, 15) is 4.79 Å². The van der Waals surface area contributed by atoms with Gasteiger partial charge in [0, 0.05) is 19.7 Å². The van der Waals surface area contributed by atoms with E-state index >= 15 is 0 Å². The van der Waals surface area contributed by atoms with Crippen LogP contribution in [0.4, 0.5) is 0 Å². The lowest BCUT2D eigenvalue weighted by molar-refractivity contribution is 0.104. The summed E-state index contributed by atoms with van der Waals surface area (Å²) < 4.78 is 0. The van der Waals surface area contributed by atoms with Gasteiger partial charge in [-0.25, -0.2) is 0 Å². The van der Waals surface area contributed by atoms with E-state index in [0.29, 0.717) is 5.56 Å². The van der Waals surface area contributed by atoms with Crippen LogP contribution in [0.5, 0.6) is 0 Å². The van der Waals surface area contributed by atoms with E-state index in [1.54, 1.807) is 12.2 Å². The quantitative estimate of drug-likeness (QED) is 0.424. The van der Waals surface area contributed by atoms with Crippen LogP contribution in [0.15, 0.2) is 54.8 Å². The monoisotopic (exact) mass is 201 g/mol. The van der Waals surface area contributed by atoms with Crippen LogP contribution in [0.3, 0.4) is 0 Å². The summed E-state index contributed by atoms with van der Waals surface area (Å²) in [6, 6.07) is 9.23. The Morgan fingerprint density at radius 1 is 1.13 bits per heavy atom. The summed E-state index contributed by atoms with van der Waals surface area (Å²) in [4.78, 5) is 13.5. The zero-order chi connectivity index (χ0) is 11.1. The van der Waals surface area contributed by atoms with Gasteiger partial charge in [0.05, 0.1) is 0 Å². The SMILES string of the molecule is CN(C)C=CC=CC(=O)c1ccccc1. The number of carbonyl (C=O) groups is 1. The average Bonchev–Trinajstić information content (AvgIpc) is 2.25. The van der Waals surface area contributed by atoms with Gasteiger partial charge in [-0.3, -0.25) is 4.79 Å². The molecule has 0 unspecified atom stereocenters. The Labute approximate surface area is 90.5 Å².